The third kappa shape index (κ3) is 3.87. The Kier molecular flexibility index (Phi) is 5.44. The van der Waals surface area contributed by atoms with Crippen LogP contribution in [0.15, 0.2) is 54.6 Å². The molecule has 0 saturated carbocycles. The first-order chi connectivity index (χ1) is 12.2. The molecule has 3 nitrogen and oxygen atoms in total. The molecule has 3 rings (SSSR count). The van der Waals surface area contributed by atoms with Crippen LogP contribution in [0.2, 0.25) is 0 Å². The van der Waals surface area contributed by atoms with Crippen LogP contribution in [0.4, 0.5) is 0 Å². The monoisotopic (exact) mass is 332 g/mol. The molecule has 0 spiro atoms. The summed E-state index contributed by atoms with van der Waals surface area (Å²) in [6, 6.07) is 17.9. The maximum Gasteiger partial charge on any atom is 0.252 e. The number of amides is 1. The second kappa shape index (κ2) is 7.93. The minimum atomic E-state index is -0.0236. The molecule has 0 radical (unpaired) electrons. The maximum absolute atomic E-state index is 12.8. The molecule has 0 atom stereocenters. The van der Waals surface area contributed by atoms with Gasteiger partial charge in [0.1, 0.15) is 0 Å². The molecule has 1 heterocycles. The Balaban J connectivity index is 2.01. The van der Waals surface area contributed by atoms with E-state index < -0.39 is 0 Å². The lowest BCUT2D eigenvalue weighted by molar-refractivity contribution is 0.0954. The summed E-state index contributed by atoms with van der Waals surface area (Å²) in [6.07, 6.45) is 3.28. The van der Waals surface area contributed by atoms with Crippen LogP contribution in [0.5, 0.6) is 0 Å². The molecule has 3 aromatic rings. The van der Waals surface area contributed by atoms with Crippen LogP contribution in [0.1, 0.15) is 42.1 Å². The van der Waals surface area contributed by atoms with Gasteiger partial charge in [-0.15, -0.1) is 0 Å². The summed E-state index contributed by atoms with van der Waals surface area (Å²) in [4.78, 5) is 17.5. The van der Waals surface area contributed by atoms with E-state index in [0.717, 1.165) is 47.0 Å². The Hall–Kier alpha value is -2.68. The predicted octanol–water partition coefficient (Wildman–Crippen LogP) is 5.13. The van der Waals surface area contributed by atoms with Gasteiger partial charge >= 0.3 is 0 Å². The molecule has 3 heteroatoms. The number of unbranched alkanes of at least 4 members (excludes halogenated alkanes) is 2. The highest BCUT2D eigenvalue weighted by atomic mass is 16.1. The summed E-state index contributed by atoms with van der Waals surface area (Å²) in [6.45, 7) is 4.94. The van der Waals surface area contributed by atoms with Crippen molar-refractivity contribution in [3.8, 4) is 11.3 Å². The van der Waals surface area contributed by atoms with E-state index in [9.17, 15) is 4.79 Å². The van der Waals surface area contributed by atoms with Crippen LogP contribution in [0.25, 0.3) is 22.2 Å². The summed E-state index contributed by atoms with van der Waals surface area (Å²) in [5.41, 5.74) is 4.60. The molecular weight excluding hydrogens is 308 g/mol. The van der Waals surface area contributed by atoms with E-state index in [1.54, 1.807) is 0 Å². The van der Waals surface area contributed by atoms with Gasteiger partial charge in [0.2, 0.25) is 0 Å². The van der Waals surface area contributed by atoms with E-state index in [4.69, 9.17) is 4.98 Å². The molecule has 1 aromatic heterocycles. The van der Waals surface area contributed by atoms with Crippen molar-refractivity contribution < 1.29 is 4.79 Å². The maximum atomic E-state index is 12.8. The number of rotatable bonds is 6. The van der Waals surface area contributed by atoms with Gasteiger partial charge in [0.15, 0.2) is 0 Å². The number of carbonyl (C=O) groups is 1. The number of aromatic nitrogens is 1. The van der Waals surface area contributed by atoms with Gasteiger partial charge in [-0.3, -0.25) is 4.79 Å². The third-order valence-electron chi connectivity index (χ3n) is 4.45. The van der Waals surface area contributed by atoms with E-state index >= 15 is 0 Å². The minimum absolute atomic E-state index is 0.0236. The summed E-state index contributed by atoms with van der Waals surface area (Å²) >= 11 is 0. The van der Waals surface area contributed by atoms with Crippen molar-refractivity contribution in [2.75, 3.05) is 6.54 Å². The molecule has 0 aliphatic carbocycles. The van der Waals surface area contributed by atoms with Gasteiger partial charge in [-0.1, -0.05) is 62.2 Å². The van der Waals surface area contributed by atoms with E-state index in [2.05, 4.69) is 31.3 Å². The van der Waals surface area contributed by atoms with Crippen molar-refractivity contribution in [2.24, 2.45) is 0 Å². The third-order valence-corrected chi connectivity index (χ3v) is 4.45. The standard InChI is InChI=1S/C22H24N2O/c1-3-4-9-14-23-22(25)19-15-21(17-11-6-5-10-16(17)2)24-20-13-8-7-12-18(19)20/h5-8,10-13,15H,3-4,9,14H2,1-2H3,(H,23,25). The fourth-order valence-electron chi connectivity index (χ4n) is 3.03. The molecule has 1 amide bonds. The lowest BCUT2D eigenvalue weighted by atomic mass is 10.0. The molecule has 2 aromatic carbocycles. The zero-order valence-electron chi connectivity index (χ0n) is 14.9. The molecule has 1 N–H and O–H groups in total. The Morgan fingerprint density at radius 2 is 1.80 bits per heavy atom. The largest absolute Gasteiger partial charge is 0.352 e. The van der Waals surface area contributed by atoms with Crippen LogP contribution in [0, 0.1) is 6.92 Å². The van der Waals surface area contributed by atoms with Gasteiger partial charge in [-0.05, 0) is 31.0 Å². The topological polar surface area (TPSA) is 42.0 Å². The van der Waals surface area contributed by atoms with Crippen LogP contribution in [-0.4, -0.2) is 17.4 Å². The van der Waals surface area contributed by atoms with E-state index in [0.29, 0.717) is 12.1 Å². The van der Waals surface area contributed by atoms with Crippen molar-refractivity contribution in [1.29, 1.82) is 0 Å². The van der Waals surface area contributed by atoms with Gasteiger partial charge in [-0.25, -0.2) is 4.98 Å². The number of benzene rings is 2. The average molecular weight is 332 g/mol. The highest BCUT2D eigenvalue weighted by Crippen LogP contribution is 2.26. The van der Waals surface area contributed by atoms with Crippen LogP contribution >= 0.6 is 0 Å². The first kappa shape index (κ1) is 17.2. The molecule has 0 aliphatic heterocycles. The molecule has 128 valence electrons. The minimum Gasteiger partial charge on any atom is -0.352 e. The molecule has 0 unspecified atom stereocenters. The van der Waals surface area contributed by atoms with Crippen molar-refractivity contribution in [2.45, 2.75) is 33.1 Å². The summed E-state index contributed by atoms with van der Waals surface area (Å²) in [5, 5.41) is 3.95. The van der Waals surface area contributed by atoms with Crippen molar-refractivity contribution in [3.63, 3.8) is 0 Å². The number of fused-ring (bicyclic) bond motifs is 1. The summed E-state index contributed by atoms with van der Waals surface area (Å²) < 4.78 is 0. The first-order valence-corrected chi connectivity index (χ1v) is 8.94. The molecular formula is C22H24N2O. The normalized spacial score (nSPS) is 10.8. The molecule has 0 saturated heterocycles. The van der Waals surface area contributed by atoms with Crippen molar-refractivity contribution in [1.82, 2.24) is 10.3 Å². The van der Waals surface area contributed by atoms with E-state index in [-0.39, 0.29) is 5.91 Å². The van der Waals surface area contributed by atoms with Gasteiger partial charge in [0.05, 0.1) is 16.8 Å². The SMILES string of the molecule is CCCCCNC(=O)c1cc(-c2ccccc2C)nc2ccccc12. The number of carbonyl (C=O) groups excluding carboxylic acids is 1. The summed E-state index contributed by atoms with van der Waals surface area (Å²) in [5.74, 6) is -0.0236. The second-order valence-corrected chi connectivity index (χ2v) is 6.35. The van der Waals surface area contributed by atoms with Gasteiger partial charge < -0.3 is 5.32 Å². The lowest BCUT2D eigenvalue weighted by Gasteiger charge is -2.12. The number of aryl methyl sites for hydroxylation is 1. The Morgan fingerprint density at radius 1 is 1.04 bits per heavy atom. The Labute approximate surface area is 149 Å². The number of nitrogens with zero attached hydrogens (tertiary/aromatic N) is 1. The zero-order chi connectivity index (χ0) is 17.6. The number of pyridine rings is 1. The van der Waals surface area contributed by atoms with Crippen molar-refractivity contribution in [3.05, 3.63) is 65.7 Å². The number of para-hydroxylation sites is 1. The molecule has 0 fully saturated rings. The van der Waals surface area contributed by atoms with E-state index in [1.807, 2.05) is 42.5 Å². The van der Waals surface area contributed by atoms with Crippen LogP contribution < -0.4 is 5.32 Å². The molecule has 25 heavy (non-hydrogen) atoms. The highest BCUT2D eigenvalue weighted by molar-refractivity contribution is 6.07. The fraction of sp³-hybridized carbons (Fsp3) is 0.273. The second-order valence-electron chi connectivity index (χ2n) is 6.35. The first-order valence-electron chi connectivity index (χ1n) is 8.94. The molecule has 0 aliphatic rings. The summed E-state index contributed by atoms with van der Waals surface area (Å²) in [7, 11) is 0. The Bertz CT molecular complexity index is 886. The number of hydrogen-bond donors (Lipinski definition) is 1. The predicted molar refractivity (Wildman–Crippen MR) is 104 cm³/mol. The highest BCUT2D eigenvalue weighted by Gasteiger charge is 2.14. The number of hydrogen-bond acceptors (Lipinski definition) is 2. The zero-order valence-corrected chi connectivity index (χ0v) is 14.9. The lowest BCUT2D eigenvalue weighted by Crippen LogP contribution is -2.24. The van der Waals surface area contributed by atoms with Gasteiger partial charge in [0, 0.05) is 17.5 Å². The molecule has 0 bridgehead atoms. The average Bonchev–Trinajstić information content (AvgIpc) is 2.64. The van der Waals surface area contributed by atoms with Gasteiger partial charge in [0.25, 0.3) is 5.91 Å². The van der Waals surface area contributed by atoms with Crippen molar-refractivity contribution >= 4 is 16.8 Å². The van der Waals surface area contributed by atoms with Gasteiger partial charge in [-0.2, -0.15) is 0 Å². The smallest absolute Gasteiger partial charge is 0.252 e. The van der Waals surface area contributed by atoms with Crippen LogP contribution in [-0.2, 0) is 0 Å². The van der Waals surface area contributed by atoms with Crippen LogP contribution in [0.3, 0.4) is 0 Å². The Morgan fingerprint density at radius 3 is 2.60 bits per heavy atom. The quantitative estimate of drug-likeness (QED) is 0.636. The fourth-order valence-corrected chi connectivity index (χ4v) is 3.03. The van der Waals surface area contributed by atoms with E-state index in [1.165, 1.54) is 0 Å². The number of nitrogens with one attached hydrogen (secondary N) is 1.